The van der Waals surface area contributed by atoms with Gasteiger partial charge in [0.1, 0.15) is 17.0 Å². The van der Waals surface area contributed by atoms with Crippen molar-refractivity contribution in [3.05, 3.63) is 18.2 Å². The van der Waals surface area contributed by atoms with Gasteiger partial charge >= 0.3 is 0 Å². The fourth-order valence-electron chi connectivity index (χ4n) is 2.39. The molecule has 16 heavy (non-hydrogen) atoms. The predicted octanol–water partition coefficient (Wildman–Crippen LogP) is 1.62. The fraction of sp³-hybridized carbons (Fsp3) is 0.417. The Morgan fingerprint density at radius 3 is 2.81 bits per heavy atom. The lowest BCUT2D eigenvalue weighted by molar-refractivity contribution is -0.118. The van der Waals surface area contributed by atoms with Gasteiger partial charge in [-0.1, -0.05) is 6.07 Å². The third-order valence-electron chi connectivity index (χ3n) is 3.61. The molecule has 1 aliphatic carbocycles. The van der Waals surface area contributed by atoms with Crippen LogP contribution in [0, 0.1) is 0 Å². The maximum Gasteiger partial charge on any atom is 0.250 e. The maximum atomic E-state index is 12.0. The topological polar surface area (TPSA) is 41.6 Å². The maximum absolute atomic E-state index is 12.0. The molecule has 1 amide bonds. The van der Waals surface area contributed by atoms with Crippen LogP contribution in [0.25, 0.3) is 0 Å². The average molecular weight is 218 g/mol. The number of anilines is 2. The number of nitrogens with zero attached hydrogens (tertiary/aromatic N) is 1. The summed E-state index contributed by atoms with van der Waals surface area (Å²) in [5, 5.41) is 2.96. The number of carbonyl (C=O) groups excluding carboxylic acids is 1. The van der Waals surface area contributed by atoms with Crippen LogP contribution in [-0.4, -0.2) is 25.6 Å². The molecular formula is C12H14N2O2. The molecule has 1 fully saturated rings. The smallest absolute Gasteiger partial charge is 0.250 e. The summed E-state index contributed by atoms with van der Waals surface area (Å²) in [6.45, 7) is 0. The second kappa shape index (κ2) is 2.90. The lowest BCUT2D eigenvalue weighted by Crippen LogP contribution is -2.48. The summed E-state index contributed by atoms with van der Waals surface area (Å²) < 4.78 is 5.26. The van der Waals surface area contributed by atoms with Gasteiger partial charge in [0.2, 0.25) is 5.91 Å². The van der Waals surface area contributed by atoms with E-state index in [0.717, 1.165) is 24.2 Å². The molecule has 1 heterocycles. The Morgan fingerprint density at radius 2 is 2.19 bits per heavy atom. The minimum atomic E-state index is -0.292. The molecule has 84 valence electrons. The van der Waals surface area contributed by atoms with Crippen molar-refractivity contribution in [3.63, 3.8) is 0 Å². The number of methoxy groups -OCH3 is 1. The molecule has 0 radical (unpaired) electrons. The summed E-state index contributed by atoms with van der Waals surface area (Å²) in [5.41, 5.74) is 1.53. The molecule has 0 unspecified atom stereocenters. The molecular weight excluding hydrogens is 204 g/mol. The molecule has 0 aromatic heterocycles. The van der Waals surface area contributed by atoms with E-state index in [4.69, 9.17) is 4.74 Å². The molecule has 1 N–H and O–H groups in total. The number of benzene rings is 1. The number of para-hydroxylation sites is 1. The van der Waals surface area contributed by atoms with E-state index in [2.05, 4.69) is 10.2 Å². The van der Waals surface area contributed by atoms with Crippen LogP contribution in [0.1, 0.15) is 12.8 Å². The summed E-state index contributed by atoms with van der Waals surface area (Å²) in [4.78, 5) is 14.1. The first-order valence-electron chi connectivity index (χ1n) is 5.41. The van der Waals surface area contributed by atoms with Gasteiger partial charge in [0.15, 0.2) is 0 Å². The third-order valence-corrected chi connectivity index (χ3v) is 3.61. The zero-order chi connectivity index (χ0) is 11.3. The van der Waals surface area contributed by atoms with Gasteiger partial charge in [-0.2, -0.15) is 0 Å². The molecule has 0 atom stereocenters. The Labute approximate surface area is 94.2 Å². The SMILES string of the molecule is COc1cccc2c1NC(=O)C1(CC1)N2C. The van der Waals surface area contributed by atoms with Crippen LogP contribution in [0.4, 0.5) is 11.4 Å². The second-order valence-corrected chi connectivity index (χ2v) is 4.40. The van der Waals surface area contributed by atoms with Gasteiger partial charge in [-0.3, -0.25) is 4.79 Å². The van der Waals surface area contributed by atoms with Crippen molar-refractivity contribution in [1.82, 2.24) is 0 Å². The van der Waals surface area contributed by atoms with Crippen molar-refractivity contribution < 1.29 is 9.53 Å². The zero-order valence-corrected chi connectivity index (χ0v) is 9.41. The molecule has 4 nitrogen and oxygen atoms in total. The highest BCUT2D eigenvalue weighted by Gasteiger charge is 2.56. The van der Waals surface area contributed by atoms with E-state index in [9.17, 15) is 4.79 Å². The van der Waals surface area contributed by atoms with Crippen LogP contribution < -0.4 is 15.0 Å². The number of nitrogens with one attached hydrogen (secondary N) is 1. The van der Waals surface area contributed by atoms with Gasteiger partial charge in [0.05, 0.1) is 12.8 Å². The Morgan fingerprint density at radius 1 is 1.44 bits per heavy atom. The molecule has 4 heteroatoms. The number of rotatable bonds is 1. The molecule has 0 saturated heterocycles. The van der Waals surface area contributed by atoms with Gasteiger partial charge in [-0.05, 0) is 25.0 Å². The van der Waals surface area contributed by atoms with E-state index in [1.54, 1.807) is 7.11 Å². The van der Waals surface area contributed by atoms with Crippen molar-refractivity contribution in [3.8, 4) is 5.75 Å². The number of amides is 1. The van der Waals surface area contributed by atoms with Gasteiger partial charge in [-0.25, -0.2) is 0 Å². The van der Waals surface area contributed by atoms with Crippen molar-refractivity contribution >= 4 is 17.3 Å². The lowest BCUT2D eigenvalue weighted by atomic mass is 10.1. The Bertz CT molecular complexity index is 466. The Balaban J connectivity index is 2.15. The number of hydrogen-bond donors (Lipinski definition) is 1. The van der Waals surface area contributed by atoms with Gasteiger partial charge in [-0.15, -0.1) is 0 Å². The molecule has 3 rings (SSSR count). The largest absolute Gasteiger partial charge is 0.494 e. The van der Waals surface area contributed by atoms with Gasteiger partial charge in [0, 0.05) is 7.05 Å². The molecule has 1 aliphatic heterocycles. The normalized spacial score (nSPS) is 20.4. The summed E-state index contributed by atoms with van der Waals surface area (Å²) in [7, 11) is 3.59. The first kappa shape index (κ1) is 9.51. The second-order valence-electron chi connectivity index (χ2n) is 4.40. The third kappa shape index (κ3) is 1.01. The lowest BCUT2D eigenvalue weighted by Gasteiger charge is -2.36. The Hall–Kier alpha value is -1.71. The van der Waals surface area contributed by atoms with Crippen molar-refractivity contribution in [1.29, 1.82) is 0 Å². The number of carbonyl (C=O) groups is 1. The summed E-state index contributed by atoms with van der Waals surface area (Å²) >= 11 is 0. The van der Waals surface area contributed by atoms with Crippen LogP contribution in [0.2, 0.25) is 0 Å². The highest BCUT2D eigenvalue weighted by molar-refractivity contribution is 6.09. The fourth-order valence-corrected chi connectivity index (χ4v) is 2.39. The van der Waals surface area contributed by atoms with Crippen molar-refractivity contribution in [2.24, 2.45) is 0 Å². The quantitative estimate of drug-likeness (QED) is 0.778. The first-order valence-corrected chi connectivity index (χ1v) is 5.41. The van der Waals surface area contributed by atoms with E-state index >= 15 is 0 Å². The van der Waals surface area contributed by atoms with Crippen LogP contribution >= 0.6 is 0 Å². The number of hydrogen-bond acceptors (Lipinski definition) is 3. The molecule has 1 aromatic rings. The van der Waals surface area contributed by atoms with E-state index in [1.165, 1.54) is 0 Å². The van der Waals surface area contributed by atoms with Gasteiger partial charge < -0.3 is 15.0 Å². The minimum absolute atomic E-state index is 0.0898. The van der Waals surface area contributed by atoms with Crippen LogP contribution in [0.5, 0.6) is 5.75 Å². The van der Waals surface area contributed by atoms with E-state index in [1.807, 2.05) is 25.2 Å². The molecule has 2 aliphatic rings. The predicted molar refractivity (Wildman–Crippen MR) is 62.0 cm³/mol. The first-order chi connectivity index (χ1) is 7.69. The minimum Gasteiger partial charge on any atom is -0.494 e. The Kier molecular flexibility index (Phi) is 1.73. The summed E-state index contributed by atoms with van der Waals surface area (Å²) in [6.07, 6.45) is 1.87. The number of fused-ring (bicyclic) bond motifs is 1. The average Bonchev–Trinajstić information content (AvgIpc) is 3.08. The standard InChI is InChI=1S/C12H14N2O2/c1-14-8-4-3-5-9(16-2)10(8)13-11(15)12(14)6-7-12/h3-5H,6-7H2,1-2H3,(H,13,15). The number of ether oxygens (including phenoxy) is 1. The molecule has 1 aromatic carbocycles. The van der Waals surface area contributed by atoms with Crippen LogP contribution in [0.3, 0.4) is 0 Å². The zero-order valence-electron chi connectivity index (χ0n) is 9.41. The monoisotopic (exact) mass is 218 g/mol. The van der Waals surface area contributed by atoms with E-state index in [-0.39, 0.29) is 11.4 Å². The summed E-state index contributed by atoms with van der Waals surface area (Å²) in [5.74, 6) is 0.806. The molecule has 0 bridgehead atoms. The molecule has 1 saturated carbocycles. The van der Waals surface area contributed by atoms with Gasteiger partial charge in [0.25, 0.3) is 0 Å². The highest BCUT2D eigenvalue weighted by atomic mass is 16.5. The summed E-state index contributed by atoms with van der Waals surface area (Å²) in [6, 6.07) is 5.82. The van der Waals surface area contributed by atoms with Crippen molar-refractivity contribution in [2.75, 3.05) is 24.4 Å². The van der Waals surface area contributed by atoms with E-state index in [0.29, 0.717) is 5.75 Å². The van der Waals surface area contributed by atoms with Crippen LogP contribution in [-0.2, 0) is 4.79 Å². The highest BCUT2D eigenvalue weighted by Crippen LogP contribution is 2.51. The molecule has 1 spiro atoms. The van der Waals surface area contributed by atoms with Crippen molar-refractivity contribution in [2.45, 2.75) is 18.4 Å². The number of likely N-dealkylation sites (N-methyl/N-ethyl adjacent to an activating group) is 1. The van der Waals surface area contributed by atoms with E-state index < -0.39 is 0 Å². The van der Waals surface area contributed by atoms with Crippen LogP contribution in [0.15, 0.2) is 18.2 Å².